The van der Waals surface area contributed by atoms with Gasteiger partial charge in [-0.05, 0) is 25.3 Å². The van der Waals surface area contributed by atoms with Gasteiger partial charge in [0.05, 0.1) is 18.5 Å². The molecule has 1 aliphatic carbocycles. The van der Waals surface area contributed by atoms with Crippen molar-refractivity contribution in [3.8, 4) is 0 Å². The summed E-state index contributed by atoms with van der Waals surface area (Å²) in [6, 6.07) is 1.80. The molecule has 0 N–H and O–H groups in total. The third-order valence-electron chi connectivity index (χ3n) is 4.98. The van der Waals surface area contributed by atoms with Gasteiger partial charge in [0.2, 0.25) is 16.0 Å². The smallest absolute Gasteiger partial charge is 0.225 e. The molecule has 3 heterocycles. The Labute approximate surface area is 136 Å². The van der Waals surface area contributed by atoms with Gasteiger partial charge in [-0.2, -0.15) is 4.31 Å². The lowest BCUT2D eigenvalue weighted by Gasteiger charge is -2.31. The summed E-state index contributed by atoms with van der Waals surface area (Å²) in [5.74, 6) is 0.713. The average molecular weight is 338 g/mol. The molecule has 2 saturated heterocycles. The van der Waals surface area contributed by atoms with Crippen LogP contribution < -0.4 is 4.90 Å². The highest BCUT2D eigenvalue weighted by atomic mass is 32.2. The van der Waals surface area contributed by atoms with Gasteiger partial charge >= 0.3 is 0 Å². The van der Waals surface area contributed by atoms with Crippen molar-refractivity contribution in [3.63, 3.8) is 0 Å². The van der Waals surface area contributed by atoms with Gasteiger partial charge < -0.3 is 9.64 Å². The molecule has 3 fully saturated rings. The van der Waals surface area contributed by atoms with Gasteiger partial charge in [-0.3, -0.25) is 0 Å². The largest absolute Gasteiger partial charge is 0.379 e. The van der Waals surface area contributed by atoms with Gasteiger partial charge in [0.1, 0.15) is 0 Å². The number of nitrogens with zero attached hydrogens (tertiary/aromatic N) is 4. The number of ether oxygens (including phenoxy) is 1. The third kappa shape index (κ3) is 2.95. The summed E-state index contributed by atoms with van der Waals surface area (Å²) in [4.78, 5) is 10.8. The number of sulfonamides is 1. The van der Waals surface area contributed by atoms with Crippen molar-refractivity contribution in [2.45, 2.75) is 24.5 Å². The van der Waals surface area contributed by atoms with Gasteiger partial charge in [-0.25, -0.2) is 18.4 Å². The van der Waals surface area contributed by atoms with E-state index in [-0.39, 0.29) is 10.7 Å². The first kappa shape index (κ1) is 15.3. The molecule has 126 valence electrons. The number of hydrogen-bond acceptors (Lipinski definition) is 6. The Morgan fingerprint density at radius 2 is 1.96 bits per heavy atom. The molecule has 0 radical (unpaired) electrons. The molecule has 1 aromatic rings. The molecule has 1 spiro atoms. The fourth-order valence-electron chi connectivity index (χ4n) is 3.55. The normalized spacial score (nSPS) is 29.8. The van der Waals surface area contributed by atoms with E-state index in [2.05, 4.69) is 14.9 Å². The molecule has 0 unspecified atom stereocenters. The van der Waals surface area contributed by atoms with E-state index in [4.69, 9.17) is 4.74 Å². The lowest BCUT2D eigenvalue weighted by atomic mass is 9.88. The summed E-state index contributed by atoms with van der Waals surface area (Å²) in [7, 11) is -3.15. The topological polar surface area (TPSA) is 75.6 Å². The van der Waals surface area contributed by atoms with Crippen molar-refractivity contribution in [1.29, 1.82) is 0 Å². The van der Waals surface area contributed by atoms with Crippen LogP contribution in [0.4, 0.5) is 5.95 Å². The maximum absolute atomic E-state index is 12.6. The minimum absolute atomic E-state index is 0.155. The minimum Gasteiger partial charge on any atom is -0.379 e. The first-order valence-electron chi connectivity index (χ1n) is 8.18. The maximum atomic E-state index is 12.6. The van der Waals surface area contributed by atoms with Gasteiger partial charge in [-0.1, -0.05) is 0 Å². The SMILES string of the molecule is O=S(=O)(C1CC1)N1CCOC[C@@]2(CCN(c3ncccn3)C2)C1. The zero-order valence-electron chi connectivity index (χ0n) is 13.1. The molecule has 0 bridgehead atoms. The van der Waals surface area contributed by atoms with Crippen LogP contribution in [-0.4, -0.2) is 67.3 Å². The van der Waals surface area contributed by atoms with E-state index in [1.807, 2.05) is 0 Å². The molecule has 4 rings (SSSR count). The number of rotatable bonds is 3. The second kappa shape index (κ2) is 5.68. The zero-order chi connectivity index (χ0) is 15.9. The Hall–Kier alpha value is -1.25. The fourth-order valence-corrected chi connectivity index (χ4v) is 5.49. The van der Waals surface area contributed by atoms with Gasteiger partial charge in [0.15, 0.2) is 0 Å². The second-order valence-corrected chi connectivity index (χ2v) is 9.06. The molecule has 3 aliphatic rings. The highest BCUT2D eigenvalue weighted by molar-refractivity contribution is 7.90. The van der Waals surface area contributed by atoms with Crippen molar-refractivity contribution in [2.24, 2.45) is 5.41 Å². The van der Waals surface area contributed by atoms with E-state index in [9.17, 15) is 8.42 Å². The Morgan fingerprint density at radius 1 is 1.17 bits per heavy atom. The summed E-state index contributed by atoms with van der Waals surface area (Å²) in [6.45, 7) is 3.69. The second-order valence-electron chi connectivity index (χ2n) is 6.85. The maximum Gasteiger partial charge on any atom is 0.225 e. The third-order valence-corrected chi connectivity index (χ3v) is 7.33. The Bertz CT molecular complexity index is 665. The molecule has 1 atom stereocenters. The quantitative estimate of drug-likeness (QED) is 0.799. The molecular formula is C15H22N4O3S. The summed E-state index contributed by atoms with van der Waals surface area (Å²) in [5, 5.41) is -0.160. The van der Waals surface area contributed by atoms with Crippen LogP contribution in [0.5, 0.6) is 0 Å². The van der Waals surface area contributed by atoms with Crippen LogP contribution >= 0.6 is 0 Å². The van der Waals surface area contributed by atoms with Crippen LogP contribution in [-0.2, 0) is 14.8 Å². The molecule has 1 aromatic heterocycles. The van der Waals surface area contributed by atoms with E-state index < -0.39 is 10.0 Å². The van der Waals surface area contributed by atoms with Crippen LogP contribution in [0.3, 0.4) is 0 Å². The highest BCUT2D eigenvalue weighted by Gasteiger charge is 2.47. The predicted molar refractivity (Wildman–Crippen MR) is 85.6 cm³/mol. The van der Waals surface area contributed by atoms with Crippen molar-refractivity contribution < 1.29 is 13.2 Å². The van der Waals surface area contributed by atoms with E-state index in [0.29, 0.717) is 32.3 Å². The molecule has 2 aliphatic heterocycles. The molecule has 23 heavy (non-hydrogen) atoms. The predicted octanol–water partition coefficient (Wildman–Crippen LogP) is 0.497. The van der Waals surface area contributed by atoms with Gasteiger partial charge in [0, 0.05) is 44.0 Å². The molecular weight excluding hydrogens is 316 g/mol. The van der Waals surface area contributed by atoms with E-state index in [1.54, 1.807) is 22.8 Å². The first-order valence-corrected chi connectivity index (χ1v) is 9.68. The zero-order valence-corrected chi connectivity index (χ0v) is 13.9. The standard InChI is InChI=1S/C15H22N4O3S/c20-23(21,13-2-3-13)19-8-9-22-12-15(11-19)4-7-18(10-15)14-16-5-1-6-17-14/h1,5-6,13H,2-4,7-12H2/t15-/m1/s1. The fraction of sp³-hybridized carbons (Fsp3) is 0.733. The first-order chi connectivity index (χ1) is 11.1. The summed E-state index contributed by atoms with van der Waals surface area (Å²) in [6.07, 6.45) is 5.98. The van der Waals surface area contributed by atoms with Crippen LogP contribution in [0, 0.1) is 5.41 Å². The monoisotopic (exact) mass is 338 g/mol. The lowest BCUT2D eigenvalue weighted by Crippen LogP contribution is -2.44. The molecule has 7 nitrogen and oxygen atoms in total. The van der Waals surface area contributed by atoms with E-state index in [0.717, 1.165) is 32.4 Å². The van der Waals surface area contributed by atoms with Crippen molar-refractivity contribution in [2.75, 3.05) is 44.3 Å². The lowest BCUT2D eigenvalue weighted by molar-refractivity contribution is 0.0807. The van der Waals surface area contributed by atoms with Crippen molar-refractivity contribution >= 4 is 16.0 Å². The van der Waals surface area contributed by atoms with Crippen LogP contribution in [0.15, 0.2) is 18.5 Å². The van der Waals surface area contributed by atoms with Crippen molar-refractivity contribution in [1.82, 2.24) is 14.3 Å². The number of anilines is 1. The molecule has 0 amide bonds. The number of aromatic nitrogens is 2. The van der Waals surface area contributed by atoms with Crippen LogP contribution in [0.1, 0.15) is 19.3 Å². The Kier molecular flexibility index (Phi) is 3.78. The molecule has 0 aromatic carbocycles. The van der Waals surface area contributed by atoms with Gasteiger partial charge in [-0.15, -0.1) is 0 Å². The molecule has 8 heteroatoms. The van der Waals surface area contributed by atoms with E-state index in [1.165, 1.54) is 0 Å². The summed E-state index contributed by atoms with van der Waals surface area (Å²) >= 11 is 0. The Morgan fingerprint density at radius 3 is 2.70 bits per heavy atom. The van der Waals surface area contributed by atoms with Crippen LogP contribution in [0.2, 0.25) is 0 Å². The summed E-state index contributed by atoms with van der Waals surface area (Å²) in [5.41, 5.74) is -0.155. The average Bonchev–Trinajstić information content (AvgIpc) is 3.35. The van der Waals surface area contributed by atoms with Crippen LogP contribution in [0.25, 0.3) is 0 Å². The Balaban J connectivity index is 1.53. The van der Waals surface area contributed by atoms with Crippen molar-refractivity contribution in [3.05, 3.63) is 18.5 Å². The van der Waals surface area contributed by atoms with Gasteiger partial charge in [0.25, 0.3) is 0 Å². The number of hydrogen-bond donors (Lipinski definition) is 0. The van der Waals surface area contributed by atoms with E-state index >= 15 is 0 Å². The minimum atomic E-state index is -3.15. The highest BCUT2D eigenvalue weighted by Crippen LogP contribution is 2.38. The summed E-state index contributed by atoms with van der Waals surface area (Å²) < 4.78 is 32.7. The molecule has 1 saturated carbocycles.